The second kappa shape index (κ2) is 6.21. The van der Waals surface area contributed by atoms with E-state index < -0.39 is 0 Å². The van der Waals surface area contributed by atoms with Crippen molar-refractivity contribution in [1.82, 2.24) is 4.98 Å². The third kappa shape index (κ3) is 2.95. The molecule has 2 aromatic carbocycles. The van der Waals surface area contributed by atoms with Crippen LogP contribution in [0.4, 0.5) is 0 Å². The number of rotatable bonds is 3. The van der Waals surface area contributed by atoms with E-state index in [2.05, 4.69) is 31.0 Å². The minimum absolute atomic E-state index is 0.344. The van der Waals surface area contributed by atoms with E-state index >= 15 is 0 Å². The van der Waals surface area contributed by atoms with Crippen molar-refractivity contribution in [1.29, 1.82) is 0 Å². The highest BCUT2D eigenvalue weighted by Gasteiger charge is 2.14. The molecule has 0 aliphatic rings. The van der Waals surface area contributed by atoms with E-state index in [0.29, 0.717) is 11.5 Å². The summed E-state index contributed by atoms with van der Waals surface area (Å²) >= 11 is 0. The molecule has 0 bridgehead atoms. The molecule has 0 unspecified atom stereocenters. The molecule has 1 aromatic heterocycles. The molecular weight excluding hydrogens is 286 g/mol. The molecule has 0 aliphatic carbocycles. The van der Waals surface area contributed by atoms with Gasteiger partial charge in [-0.25, -0.2) is 9.78 Å². The Morgan fingerprint density at radius 3 is 2.39 bits per heavy atom. The van der Waals surface area contributed by atoms with Crippen molar-refractivity contribution in [3.63, 3.8) is 0 Å². The summed E-state index contributed by atoms with van der Waals surface area (Å²) in [6.07, 6.45) is 0. The number of esters is 1. The minimum Gasteiger partial charge on any atom is -0.465 e. The average Bonchev–Trinajstić information content (AvgIpc) is 2.60. The average molecular weight is 305 g/mol. The fourth-order valence-electron chi connectivity index (χ4n) is 2.64. The maximum absolute atomic E-state index is 12.1. The second-order valence-electron chi connectivity index (χ2n) is 5.84. The standard InChI is InChI=1S/C20H19NO2/c1-13(2)14-8-10-15(11-9-14)19-12-17(20(22)23-3)16-6-4-5-7-18(16)21-19/h4-13H,1-3H3. The summed E-state index contributed by atoms with van der Waals surface area (Å²) in [5.74, 6) is 0.142. The minimum atomic E-state index is -0.344. The van der Waals surface area contributed by atoms with E-state index in [1.807, 2.05) is 36.4 Å². The Hall–Kier alpha value is -2.68. The number of pyridine rings is 1. The Labute approximate surface area is 135 Å². The molecule has 0 saturated heterocycles. The summed E-state index contributed by atoms with van der Waals surface area (Å²) in [6.45, 7) is 4.33. The molecule has 23 heavy (non-hydrogen) atoms. The van der Waals surface area contributed by atoms with Crippen LogP contribution in [0.15, 0.2) is 54.6 Å². The van der Waals surface area contributed by atoms with Crippen molar-refractivity contribution in [3.8, 4) is 11.3 Å². The molecule has 116 valence electrons. The Morgan fingerprint density at radius 1 is 1.04 bits per heavy atom. The fraction of sp³-hybridized carbons (Fsp3) is 0.200. The van der Waals surface area contributed by atoms with Gasteiger partial charge in [-0.1, -0.05) is 56.3 Å². The topological polar surface area (TPSA) is 39.2 Å². The van der Waals surface area contributed by atoms with E-state index in [4.69, 9.17) is 4.74 Å². The Morgan fingerprint density at radius 2 is 1.74 bits per heavy atom. The van der Waals surface area contributed by atoms with Gasteiger partial charge in [0.05, 0.1) is 23.9 Å². The summed E-state index contributed by atoms with van der Waals surface area (Å²) < 4.78 is 4.92. The van der Waals surface area contributed by atoms with Gasteiger partial charge in [-0.2, -0.15) is 0 Å². The van der Waals surface area contributed by atoms with Crippen LogP contribution in [0.3, 0.4) is 0 Å². The Kier molecular flexibility index (Phi) is 4.11. The molecule has 0 aliphatic heterocycles. The van der Waals surface area contributed by atoms with Crippen molar-refractivity contribution >= 4 is 16.9 Å². The normalized spacial score (nSPS) is 11.0. The van der Waals surface area contributed by atoms with Gasteiger partial charge < -0.3 is 4.74 Å². The molecule has 0 amide bonds. The van der Waals surface area contributed by atoms with Crippen molar-refractivity contribution < 1.29 is 9.53 Å². The van der Waals surface area contributed by atoms with Crippen LogP contribution < -0.4 is 0 Å². The first-order chi connectivity index (χ1) is 11.1. The molecular formula is C20H19NO2. The quantitative estimate of drug-likeness (QED) is 0.652. The van der Waals surface area contributed by atoms with Crippen molar-refractivity contribution in [2.75, 3.05) is 7.11 Å². The predicted molar refractivity (Wildman–Crippen MR) is 92.6 cm³/mol. The molecule has 0 atom stereocenters. The van der Waals surface area contributed by atoms with Gasteiger partial charge >= 0.3 is 5.97 Å². The zero-order chi connectivity index (χ0) is 16.4. The number of fused-ring (bicyclic) bond motifs is 1. The van der Waals surface area contributed by atoms with Gasteiger partial charge in [0.2, 0.25) is 0 Å². The number of ether oxygens (including phenoxy) is 1. The van der Waals surface area contributed by atoms with Gasteiger partial charge in [-0.3, -0.25) is 0 Å². The molecule has 3 heteroatoms. The van der Waals surface area contributed by atoms with E-state index in [0.717, 1.165) is 22.2 Å². The molecule has 1 heterocycles. The summed E-state index contributed by atoms with van der Waals surface area (Å²) in [5.41, 5.74) is 4.38. The number of para-hydroxylation sites is 1. The first-order valence-corrected chi connectivity index (χ1v) is 7.68. The van der Waals surface area contributed by atoms with Gasteiger partial charge in [0.25, 0.3) is 0 Å². The van der Waals surface area contributed by atoms with Gasteiger partial charge in [0.15, 0.2) is 0 Å². The lowest BCUT2D eigenvalue weighted by molar-refractivity contribution is 0.0603. The third-order valence-electron chi connectivity index (χ3n) is 3.99. The Bertz CT molecular complexity index is 851. The van der Waals surface area contributed by atoms with Crippen LogP contribution in [0.5, 0.6) is 0 Å². The van der Waals surface area contributed by atoms with Crippen molar-refractivity contribution in [2.45, 2.75) is 19.8 Å². The van der Waals surface area contributed by atoms with Crippen LogP contribution in [0.2, 0.25) is 0 Å². The lowest BCUT2D eigenvalue weighted by Gasteiger charge is -2.10. The zero-order valence-electron chi connectivity index (χ0n) is 13.5. The maximum atomic E-state index is 12.1. The van der Waals surface area contributed by atoms with Crippen molar-refractivity contribution in [3.05, 3.63) is 65.7 Å². The number of hydrogen-bond donors (Lipinski definition) is 0. The lowest BCUT2D eigenvalue weighted by Crippen LogP contribution is -2.03. The lowest BCUT2D eigenvalue weighted by atomic mass is 9.99. The third-order valence-corrected chi connectivity index (χ3v) is 3.99. The monoisotopic (exact) mass is 305 g/mol. The highest BCUT2D eigenvalue weighted by molar-refractivity contribution is 6.04. The maximum Gasteiger partial charge on any atom is 0.338 e. The first kappa shape index (κ1) is 15.2. The number of benzene rings is 2. The molecule has 0 N–H and O–H groups in total. The van der Waals surface area contributed by atoms with E-state index in [9.17, 15) is 4.79 Å². The SMILES string of the molecule is COC(=O)c1cc(-c2ccc(C(C)C)cc2)nc2ccccc12. The molecule has 3 nitrogen and oxygen atoms in total. The zero-order valence-corrected chi connectivity index (χ0v) is 13.5. The molecule has 0 radical (unpaired) electrons. The molecule has 3 rings (SSSR count). The smallest absolute Gasteiger partial charge is 0.338 e. The first-order valence-electron chi connectivity index (χ1n) is 7.68. The molecule has 0 saturated carbocycles. The fourth-order valence-corrected chi connectivity index (χ4v) is 2.64. The van der Waals surface area contributed by atoms with Gasteiger partial charge in [0.1, 0.15) is 0 Å². The number of carbonyl (C=O) groups is 1. The molecule has 3 aromatic rings. The van der Waals surface area contributed by atoms with E-state index in [1.54, 1.807) is 6.07 Å². The van der Waals surface area contributed by atoms with Gasteiger partial charge in [-0.15, -0.1) is 0 Å². The number of hydrogen-bond acceptors (Lipinski definition) is 3. The number of methoxy groups -OCH3 is 1. The highest BCUT2D eigenvalue weighted by Crippen LogP contribution is 2.26. The number of aromatic nitrogens is 1. The second-order valence-corrected chi connectivity index (χ2v) is 5.84. The van der Waals surface area contributed by atoms with E-state index in [-0.39, 0.29) is 5.97 Å². The van der Waals surface area contributed by atoms with Crippen LogP contribution in [0, 0.1) is 0 Å². The van der Waals surface area contributed by atoms with E-state index in [1.165, 1.54) is 12.7 Å². The van der Waals surface area contributed by atoms with Crippen LogP contribution in [-0.4, -0.2) is 18.1 Å². The van der Waals surface area contributed by atoms with Gasteiger partial charge in [0, 0.05) is 10.9 Å². The molecule has 0 fully saturated rings. The van der Waals surface area contributed by atoms with Crippen LogP contribution in [0.1, 0.15) is 35.7 Å². The summed E-state index contributed by atoms with van der Waals surface area (Å²) in [7, 11) is 1.40. The van der Waals surface area contributed by atoms with Gasteiger partial charge in [-0.05, 0) is 23.6 Å². The largest absolute Gasteiger partial charge is 0.465 e. The summed E-state index contributed by atoms with van der Waals surface area (Å²) in [6, 6.07) is 17.7. The number of nitrogens with zero attached hydrogens (tertiary/aromatic N) is 1. The van der Waals surface area contributed by atoms with Crippen LogP contribution in [-0.2, 0) is 4.74 Å². The summed E-state index contributed by atoms with van der Waals surface area (Å²) in [5, 5.41) is 0.807. The highest BCUT2D eigenvalue weighted by atomic mass is 16.5. The Balaban J connectivity index is 2.16. The summed E-state index contributed by atoms with van der Waals surface area (Å²) in [4.78, 5) is 16.8. The van der Waals surface area contributed by atoms with Crippen LogP contribution >= 0.6 is 0 Å². The number of carbonyl (C=O) groups excluding carboxylic acids is 1. The predicted octanol–water partition coefficient (Wildman–Crippen LogP) is 4.81. The van der Waals surface area contributed by atoms with Crippen molar-refractivity contribution in [2.24, 2.45) is 0 Å². The molecule has 0 spiro atoms. The van der Waals surface area contributed by atoms with Crippen LogP contribution in [0.25, 0.3) is 22.2 Å².